The molecule has 4 nitrogen and oxygen atoms in total. The third-order valence-corrected chi connectivity index (χ3v) is 4.20. The number of nitrogens with zero attached hydrogens (tertiary/aromatic N) is 1. The summed E-state index contributed by atoms with van der Waals surface area (Å²) in [6.45, 7) is 2.04. The highest BCUT2D eigenvalue weighted by molar-refractivity contribution is 5.83. The highest BCUT2D eigenvalue weighted by atomic mass is 16.3. The Labute approximate surface area is 127 Å². The van der Waals surface area contributed by atoms with E-state index in [1.807, 2.05) is 50.2 Å². The maximum Gasteiger partial charge on any atom is 0.242 e. The summed E-state index contributed by atoms with van der Waals surface area (Å²) >= 11 is 0. The fourth-order valence-corrected chi connectivity index (χ4v) is 2.93. The molecule has 0 spiro atoms. The lowest BCUT2D eigenvalue weighted by atomic mass is 9.92. The van der Waals surface area contributed by atoms with Crippen molar-refractivity contribution in [2.24, 2.45) is 0 Å². The van der Waals surface area contributed by atoms with Crippen molar-refractivity contribution in [2.75, 3.05) is 14.1 Å². The first kappa shape index (κ1) is 16.0. The predicted octanol–water partition coefficient (Wildman–Crippen LogP) is 2.02. The number of benzene rings is 1. The number of hydrogen-bond donors (Lipinski definition) is 2. The maximum atomic E-state index is 12.6. The van der Waals surface area contributed by atoms with Crippen LogP contribution in [0.4, 0.5) is 0 Å². The number of aliphatic hydroxyl groups is 1. The smallest absolute Gasteiger partial charge is 0.242 e. The molecule has 1 aromatic rings. The number of hydrogen-bond acceptors (Lipinski definition) is 3. The molecule has 0 aromatic heterocycles. The van der Waals surface area contributed by atoms with Gasteiger partial charge in [-0.05, 0) is 52.3 Å². The van der Waals surface area contributed by atoms with E-state index in [-0.39, 0.29) is 24.1 Å². The largest absolute Gasteiger partial charge is 0.393 e. The predicted molar refractivity (Wildman–Crippen MR) is 84.0 cm³/mol. The van der Waals surface area contributed by atoms with Gasteiger partial charge in [0.25, 0.3) is 0 Å². The monoisotopic (exact) mass is 290 g/mol. The summed E-state index contributed by atoms with van der Waals surface area (Å²) in [6, 6.07) is 8.03. The standard InChI is InChI=1S/C17H26N2O2/c1-12-4-6-13(7-5-12)16(19(2)3)17(21)18-14-8-10-15(20)11-9-14/h4-7,14-16,20H,8-11H2,1-3H3,(H,18,21)/t14?,15?,16-/m0/s1. The lowest BCUT2D eigenvalue weighted by molar-refractivity contribution is -0.126. The summed E-state index contributed by atoms with van der Waals surface area (Å²) in [7, 11) is 3.85. The van der Waals surface area contributed by atoms with Gasteiger partial charge in [-0.15, -0.1) is 0 Å². The number of likely N-dealkylation sites (N-methyl/N-ethyl adjacent to an activating group) is 1. The summed E-state index contributed by atoms with van der Waals surface area (Å²) in [5.41, 5.74) is 2.21. The molecule has 0 aliphatic heterocycles. The molecule has 116 valence electrons. The third kappa shape index (κ3) is 4.29. The average molecular weight is 290 g/mol. The van der Waals surface area contributed by atoms with Crippen molar-refractivity contribution >= 4 is 5.91 Å². The van der Waals surface area contributed by atoms with Crippen LogP contribution in [0.3, 0.4) is 0 Å². The molecule has 4 heteroatoms. The molecule has 1 fully saturated rings. The lowest BCUT2D eigenvalue weighted by Gasteiger charge is -2.30. The molecule has 1 saturated carbocycles. The zero-order valence-electron chi connectivity index (χ0n) is 13.2. The van der Waals surface area contributed by atoms with E-state index in [0.29, 0.717) is 0 Å². The number of carbonyl (C=O) groups excluding carboxylic acids is 1. The maximum absolute atomic E-state index is 12.6. The van der Waals surface area contributed by atoms with Crippen molar-refractivity contribution in [2.45, 2.75) is 50.8 Å². The Morgan fingerprint density at radius 2 is 1.76 bits per heavy atom. The third-order valence-electron chi connectivity index (χ3n) is 4.20. The van der Waals surface area contributed by atoms with E-state index in [2.05, 4.69) is 5.32 Å². The Balaban J connectivity index is 2.04. The molecule has 1 aromatic carbocycles. The van der Waals surface area contributed by atoms with E-state index in [0.717, 1.165) is 31.2 Å². The van der Waals surface area contributed by atoms with Crippen LogP contribution in [0.25, 0.3) is 0 Å². The second kappa shape index (κ2) is 7.05. The Morgan fingerprint density at radius 3 is 2.29 bits per heavy atom. The Hall–Kier alpha value is -1.39. The zero-order chi connectivity index (χ0) is 15.4. The number of amides is 1. The van der Waals surface area contributed by atoms with Gasteiger partial charge in [0.1, 0.15) is 6.04 Å². The summed E-state index contributed by atoms with van der Waals surface area (Å²) in [5.74, 6) is 0.0465. The van der Waals surface area contributed by atoms with Crippen LogP contribution in [0.5, 0.6) is 0 Å². The van der Waals surface area contributed by atoms with Gasteiger partial charge in [-0.25, -0.2) is 0 Å². The average Bonchev–Trinajstić information content (AvgIpc) is 2.43. The Bertz CT molecular complexity index is 462. The molecule has 2 N–H and O–H groups in total. The summed E-state index contributed by atoms with van der Waals surface area (Å²) in [5, 5.41) is 12.7. The highest BCUT2D eigenvalue weighted by Crippen LogP contribution is 2.22. The van der Waals surface area contributed by atoms with Crippen LogP contribution >= 0.6 is 0 Å². The van der Waals surface area contributed by atoms with Gasteiger partial charge in [0.05, 0.1) is 6.10 Å². The van der Waals surface area contributed by atoms with E-state index in [1.54, 1.807) is 0 Å². The topological polar surface area (TPSA) is 52.6 Å². The van der Waals surface area contributed by atoms with Gasteiger partial charge in [0, 0.05) is 6.04 Å². The van der Waals surface area contributed by atoms with Gasteiger partial charge in [-0.1, -0.05) is 29.8 Å². The van der Waals surface area contributed by atoms with Gasteiger partial charge < -0.3 is 10.4 Å². The Kier molecular flexibility index (Phi) is 5.37. The van der Waals surface area contributed by atoms with Gasteiger partial charge in [-0.3, -0.25) is 9.69 Å². The molecule has 0 radical (unpaired) electrons. The minimum Gasteiger partial charge on any atom is -0.393 e. The molecule has 0 unspecified atom stereocenters. The first-order valence-electron chi connectivity index (χ1n) is 7.69. The van der Waals surface area contributed by atoms with E-state index in [1.165, 1.54) is 5.56 Å². The number of carbonyl (C=O) groups is 1. The molecule has 0 saturated heterocycles. The van der Waals surface area contributed by atoms with E-state index >= 15 is 0 Å². The van der Waals surface area contributed by atoms with Gasteiger partial charge in [-0.2, -0.15) is 0 Å². The van der Waals surface area contributed by atoms with Crippen molar-refractivity contribution < 1.29 is 9.90 Å². The van der Waals surface area contributed by atoms with Crippen LogP contribution in [0.2, 0.25) is 0 Å². The molecule has 1 atom stereocenters. The number of aliphatic hydroxyl groups excluding tert-OH is 1. The molecule has 2 rings (SSSR count). The molecular weight excluding hydrogens is 264 g/mol. The van der Waals surface area contributed by atoms with Crippen LogP contribution in [0.1, 0.15) is 42.9 Å². The SMILES string of the molecule is Cc1ccc([C@@H](C(=O)NC2CCC(O)CC2)N(C)C)cc1. The molecule has 1 amide bonds. The van der Waals surface area contributed by atoms with E-state index < -0.39 is 0 Å². The molecule has 0 bridgehead atoms. The highest BCUT2D eigenvalue weighted by Gasteiger charge is 2.27. The molecule has 1 aliphatic rings. The summed E-state index contributed by atoms with van der Waals surface area (Å²) < 4.78 is 0. The minimum atomic E-state index is -0.266. The molecule has 0 heterocycles. The zero-order valence-corrected chi connectivity index (χ0v) is 13.2. The molecule has 1 aliphatic carbocycles. The quantitative estimate of drug-likeness (QED) is 0.892. The van der Waals surface area contributed by atoms with Crippen LogP contribution in [0, 0.1) is 6.92 Å². The van der Waals surface area contributed by atoms with Gasteiger partial charge >= 0.3 is 0 Å². The first-order chi connectivity index (χ1) is 9.97. The second-order valence-electron chi connectivity index (χ2n) is 6.29. The van der Waals surface area contributed by atoms with Crippen molar-refractivity contribution in [3.05, 3.63) is 35.4 Å². The summed E-state index contributed by atoms with van der Waals surface area (Å²) in [4.78, 5) is 14.5. The van der Waals surface area contributed by atoms with Gasteiger partial charge in [0.15, 0.2) is 0 Å². The number of aryl methyl sites for hydroxylation is 1. The van der Waals surface area contributed by atoms with Crippen LogP contribution in [0.15, 0.2) is 24.3 Å². The Morgan fingerprint density at radius 1 is 1.19 bits per heavy atom. The van der Waals surface area contributed by atoms with Crippen molar-refractivity contribution in [1.82, 2.24) is 10.2 Å². The van der Waals surface area contributed by atoms with E-state index in [4.69, 9.17) is 0 Å². The minimum absolute atomic E-state index is 0.0465. The van der Waals surface area contributed by atoms with Crippen LogP contribution < -0.4 is 5.32 Å². The van der Waals surface area contributed by atoms with Gasteiger partial charge in [0.2, 0.25) is 5.91 Å². The van der Waals surface area contributed by atoms with Crippen molar-refractivity contribution in [1.29, 1.82) is 0 Å². The molecular formula is C17H26N2O2. The molecule has 21 heavy (non-hydrogen) atoms. The number of nitrogens with one attached hydrogen (secondary N) is 1. The van der Waals surface area contributed by atoms with E-state index in [9.17, 15) is 9.90 Å². The summed E-state index contributed by atoms with van der Waals surface area (Å²) in [6.07, 6.45) is 3.09. The number of rotatable bonds is 4. The normalized spacial score (nSPS) is 23.9. The fraction of sp³-hybridized carbons (Fsp3) is 0.588. The first-order valence-corrected chi connectivity index (χ1v) is 7.69. The van der Waals surface area contributed by atoms with Crippen LogP contribution in [-0.2, 0) is 4.79 Å². The lowest BCUT2D eigenvalue weighted by Crippen LogP contribution is -2.44. The second-order valence-corrected chi connectivity index (χ2v) is 6.29. The fourth-order valence-electron chi connectivity index (χ4n) is 2.93. The van der Waals surface area contributed by atoms with Crippen LogP contribution in [-0.4, -0.2) is 42.2 Å². The van der Waals surface area contributed by atoms with Crippen molar-refractivity contribution in [3.63, 3.8) is 0 Å². The van der Waals surface area contributed by atoms with Crippen molar-refractivity contribution in [3.8, 4) is 0 Å².